The minimum absolute atomic E-state index is 0.575. The summed E-state index contributed by atoms with van der Waals surface area (Å²) in [4.78, 5) is 15.9. The Morgan fingerprint density at radius 3 is 2.64 bits per heavy atom. The standard InChI is InChI=1S/C18H26ClN5S/c1-4-16-17(19)21-12(2)22-18(16)20-9-14-5-7-24(8-6-14)10-15-11-25-13(3)23-15/h11,14H,4-10H2,1-3H3,(H,20,21,22). The molecular formula is C18H26ClN5S. The van der Waals surface area contributed by atoms with Crippen LogP contribution in [0.5, 0.6) is 0 Å². The quantitative estimate of drug-likeness (QED) is 0.766. The molecule has 0 aromatic carbocycles. The van der Waals surface area contributed by atoms with E-state index in [0.717, 1.165) is 54.8 Å². The first kappa shape index (κ1) is 18.5. The molecule has 3 rings (SSSR count). The molecule has 0 spiro atoms. The fraction of sp³-hybridized carbons (Fsp3) is 0.611. The Morgan fingerprint density at radius 1 is 1.24 bits per heavy atom. The van der Waals surface area contributed by atoms with Gasteiger partial charge in [0.2, 0.25) is 0 Å². The molecule has 0 amide bonds. The molecule has 1 saturated heterocycles. The summed E-state index contributed by atoms with van der Waals surface area (Å²) in [5.74, 6) is 2.30. The van der Waals surface area contributed by atoms with E-state index in [1.165, 1.54) is 18.5 Å². The van der Waals surface area contributed by atoms with Crippen molar-refractivity contribution in [2.45, 2.75) is 46.6 Å². The second kappa shape index (κ2) is 8.43. The highest BCUT2D eigenvalue weighted by Crippen LogP contribution is 2.24. The first-order chi connectivity index (χ1) is 12.0. The fourth-order valence-electron chi connectivity index (χ4n) is 3.32. The Labute approximate surface area is 158 Å². The van der Waals surface area contributed by atoms with Crippen molar-refractivity contribution in [1.29, 1.82) is 0 Å². The lowest BCUT2D eigenvalue weighted by Gasteiger charge is -2.31. The summed E-state index contributed by atoms with van der Waals surface area (Å²) in [6.07, 6.45) is 3.25. The first-order valence-corrected chi connectivity index (χ1v) is 10.2. The van der Waals surface area contributed by atoms with Crippen molar-refractivity contribution in [2.24, 2.45) is 5.92 Å². The Hall–Kier alpha value is -1.24. The molecule has 0 bridgehead atoms. The Kier molecular flexibility index (Phi) is 6.25. The molecule has 1 N–H and O–H groups in total. The molecule has 5 nitrogen and oxygen atoms in total. The van der Waals surface area contributed by atoms with Gasteiger partial charge in [-0.3, -0.25) is 4.90 Å². The highest BCUT2D eigenvalue weighted by Gasteiger charge is 2.20. The van der Waals surface area contributed by atoms with E-state index in [1.54, 1.807) is 11.3 Å². The number of halogens is 1. The number of rotatable bonds is 6. The van der Waals surface area contributed by atoms with Crippen LogP contribution < -0.4 is 5.32 Å². The average molecular weight is 380 g/mol. The first-order valence-electron chi connectivity index (χ1n) is 8.95. The van der Waals surface area contributed by atoms with Crippen molar-refractivity contribution < 1.29 is 0 Å². The summed E-state index contributed by atoms with van der Waals surface area (Å²) >= 11 is 7.99. The molecule has 3 heterocycles. The molecule has 1 fully saturated rings. The molecule has 1 aliphatic rings. The van der Waals surface area contributed by atoms with Gasteiger partial charge in [-0.15, -0.1) is 11.3 Å². The van der Waals surface area contributed by atoms with Crippen LogP contribution in [0.1, 0.15) is 41.9 Å². The highest BCUT2D eigenvalue weighted by molar-refractivity contribution is 7.09. The maximum atomic E-state index is 6.25. The van der Waals surface area contributed by atoms with Gasteiger partial charge in [-0.25, -0.2) is 15.0 Å². The van der Waals surface area contributed by atoms with Gasteiger partial charge in [0.1, 0.15) is 16.8 Å². The van der Waals surface area contributed by atoms with Crippen molar-refractivity contribution in [3.63, 3.8) is 0 Å². The lowest BCUT2D eigenvalue weighted by molar-refractivity contribution is 0.181. The average Bonchev–Trinajstić information content (AvgIpc) is 2.99. The molecule has 2 aromatic heterocycles. The maximum Gasteiger partial charge on any atom is 0.138 e. The third kappa shape index (κ3) is 4.90. The summed E-state index contributed by atoms with van der Waals surface area (Å²) < 4.78 is 0. The summed E-state index contributed by atoms with van der Waals surface area (Å²) in [6.45, 7) is 10.2. The SMILES string of the molecule is CCc1c(Cl)nc(C)nc1NCC1CCN(Cc2csc(C)n2)CC1. The predicted octanol–water partition coefficient (Wildman–Crippen LogP) is 4.09. The van der Waals surface area contributed by atoms with Crippen LogP contribution in [0.3, 0.4) is 0 Å². The summed E-state index contributed by atoms with van der Waals surface area (Å²) in [6, 6.07) is 0. The van der Waals surface area contributed by atoms with Crippen molar-refractivity contribution in [2.75, 3.05) is 25.0 Å². The van der Waals surface area contributed by atoms with Crippen LogP contribution in [-0.2, 0) is 13.0 Å². The number of anilines is 1. The number of likely N-dealkylation sites (tertiary alicyclic amines) is 1. The van der Waals surface area contributed by atoms with Gasteiger partial charge in [-0.2, -0.15) is 0 Å². The minimum atomic E-state index is 0.575. The summed E-state index contributed by atoms with van der Waals surface area (Å²) in [5, 5.41) is 7.42. The molecule has 1 aliphatic heterocycles. The van der Waals surface area contributed by atoms with Crippen molar-refractivity contribution in [3.05, 3.63) is 32.6 Å². The molecule has 0 aliphatic carbocycles. The third-order valence-corrected chi connectivity index (χ3v) is 5.87. The number of piperidine rings is 1. The second-order valence-corrected chi connectivity index (χ2v) is 8.12. The summed E-state index contributed by atoms with van der Waals surface area (Å²) in [5.41, 5.74) is 2.22. The topological polar surface area (TPSA) is 53.9 Å². The van der Waals surface area contributed by atoms with Crippen LogP contribution in [0.2, 0.25) is 5.15 Å². The van der Waals surface area contributed by atoms with Crippen LogP contribution in [-0.4, -0.2) is 39.5 Å². The number of aryl methyl sites for hydroxylation is 2. The smallest absolute Gasteiger partial charge is 0.138 e. The van der Waals surface area contributed by atoms with Gasteiger partial charge in [0.05, 0.1) is 10.7 Å². The van der Waals surface area contributed by atoms with E-state index in [9.17, 15) is 0 Å². The molecule has 2 aromatic rings. The lowest BCUT2D eigenvalue weighted by Crippen LogP contribution is -2.35. The predicted molar refractivity (Wildman–Crippen MR) is 104 cm³/mol. The van der Waals surface area contributed by atoms with Crippen LogP contribution >= 0.6 is 22.9 Å². The molecule has 0 atom stereocenters. The largest absolute Gasteiger partial charge is 0.369 e. The van der Waals surface area contributed by atoms with Gasteiger partial charge >= 0.3 is 0 Å². The van der Waals surface area contributed by atoms with E-state index in [4.69, 9.17) is 11.6 Å². The van der Waals surface area contributed by atoms with Gasteiger partial charge in [-0.1, -0.05) is 18.5 Å². The second-order valence-electron chi connectivity index (χ2n) is 6.70. The number of hydrogen-bond donors (Lipinski definition) is 1. The third-order valence-electron chi connectivity index (χ3n) is 4.74. The maximum absolute atomic E-state index is 6.25. The lowest BCUT2D eigenvalue weighted by atomic mass is 9.96. The van der Waals surface area contributed by atoms with E-state index in [0.29, 0.717) is 11.1 Å². The van der Waals surface area contributed by atoms with Crippen LogP contribution in [0.15, 0.2) is 5.38 Å². The normalized spacial score (nSPS) is 16.3. The number of aromatic nitrogens is 3. The Bertz CT molecular complexity index is 709. The van der Waals surface area contributed by atoms with Gasteiger partial charge in [-0.05, 0) is 52.1 Å². The minimum Gasteiger partial charge on any atom is -0.369 e. The van der Waals surface area contributed by atoms with Crippen LogP contribution in [0.25, 0.3) is 0 Å². The van der Waals surface area contributed by atoms with E-state index in [1.807, 2.05) is 6.92 Å². The van der Waals surface area contributed by atoms with Gasteiger partial charge < -0.3 is 5.32 Å². The molecular weight excluding hydrogens is 354 g/mol. The Balaban J connectivity index is 1.50. The van der Waals surface area contributed by atoms with Crippen molar-refractivity contribution in [3.8, 4) is 0 Å². The van der Waals surface area contributed by atoms with Gasteiger partial charge in [0.15, 0.2) is 0 Å². The molecule has 136 valence electrons. The highest BCUT2D eigenvalue weighted by atomic mass is 35.5. The Morgan fingerprint density at radius 2 is 2.00 bits per heavy atom. The summed E-state index contributed by atoms with van der Waals surface area (Å²) in [7, 11) is 0. The van der Waals surface area contributed by atoms with Crippen molar-refractivity contribution in [1.82, 2.24) is 19.9 Å². The van der Waals surface area contributed by atoms with Crippen LogP contribution in [0, 0.1) is 19.8 Å². The zero-order chi connectivity index (χ0) is 17.8. The van der Waals surface area contributed by atoms with Crippen LogP contribution in [0.4, 0.5) is 5.82 Å². The molecule has 0 radical (unpaired) electrons. The molecule has 0 unspecified atom stereocenters. The fourth-order valence-corrected chi connectivity index (χ4v) is 4.27. The van der Waals surface area contributed by atoms with E-state index >= 15 is 0 Å². The number of nitrogens with one attached hydrogen (secondary N) is 1. The zero-order valence-corrected chi connectivity index (χ0v) is 16.8. The zero-order valence-electron chi connectivity index (χ0n) is 15.2. The van der Waals surface area contributed by atoms with E-state index in [-0.39, 0.29) is 0 Å². The van der Waals surface area contributed by atoms with Gasteiger partial charge in [0, 0.05) is 24.0 Å². The number of thiazole rings is 1. The molecule has 7 heteroatoms. The number of hydrogen-bond acceptors (Lipinski definition) is 6. The number of nitrogens with zero attached hydrogens (tertiary/aromatic N) is 4. The molecule has 25 heavy (non-hydrogen) atoms. The monoisotopic (exact) mass is 379 g/mol. The van der Waals surface area contributed by atoms with E-state index < -0.39 is 0 Å². The van der Waals surface area contributed by atoms with Crippen molar-refractivity contribution >= 4 is 28.8 Å². The molecule has 0 saturated carbocycles. The van der Waals surface area contributed by atoms with E-state index in [2.05, 4.69) is 44.4 Å². The van der Waals surface area contributed by atoms with Gasteiger partial charge in [0.25, 0.3) is 0 Å².